The molecule has 3 amide bonds. The summed E-state index contributed by atoms with van der Waals surface area (Å²) in [5.74, 6) is 1.40. The molecule has 0 saturated carbocycles. The number of hydrogen-bond acceptors (Lipinski definition) is 5. The molecule has 7 nitrogen and oxygen atoms in total. The maximum atomic E-state index is 13.6. The maximum Gasteiger partial charge on any atom is 0.325 e. The van der Waals surface area contributed by atoms with Crippen molar-refractivity contribution in [3.8, 4) is 5.75 Å². The number of carbonyl (C=O) groups excluding carboxylic acids is 2. The summed E-state index contributed by atoms with van der Waals surface area (Å²) >= 11 is 0. The van der Waals surface area contributed by atoms with E-state index in [4.69, 9.17) is 9.47 Å². The summed E-state index contributed by atoms with van der Waals surface area (Å²) in [6, 6.07) is 7.46. The monoisotopic (exact) mass is 431 g/mol. The van der Waals surface area contributed by atoms with Gasteiger partial charge in [0, 0.05) is 13.5 Å². The molecule has 2 aliphatic heterocycles. The van der Waals surface area contributed by atoms with Gasteiger partial charge in [-0.25, -0.2) is 4.79 Å². The van der Waals surface area contributed by atoms with Crippen molar-refractivity contribution in [1.29, 1.82) is 0 Å². The van der Waals surface area contributed by atoms with E-state index in [-0.39, 0.29) is 24.4 Å². The Morgan fingerprint density at radius 1 is 1.16 bits per heavy atom. The Kier molecular flexibility index (Phi) is 7.94. The Balaban J connectivity index is 1.82. The minimum atomic E-state index is -0.915. The first-order valence-corrected chi connectivity index (χ1v) is 11.4. The van der Waals surface area contributed by atoms with Gasteiger partial charge in [-0.05, 0) is 68.4 Å². The molecule has 0 radical (unpaired) electrons. The third-order valence-corrected chi connectivity index (χ3v) is 6.65. The Bertz CT molecular complexity index is 761. The molecule has 1 aromatic rings. The fraction of sp³-hybridized carbons (Fsp3) is 0.667. The first-order chi connectivity index (χ1) is 14.9. The van der Waals surface area contributed by atoms with Crippen LogP contribution in [0.5, 0.6) is 5.75 Å². The lowest BCUT2D eigenvalue weighted by Gasteiger charge is -2.41. The van der Waals surface area contributed by atoms with Crippen LogP contribution in [0.4, 0.5) is 4.79 Å². The van der Waals surface area contributed by atoms with E-state index in [0.29, 0.717) is 18.9 Å². The second-order valence-electron chi connectivity index (χ2n) is 9.18. The topological polar surface area (TPSA) is 71.1 Å². The van der Waals surface area contributed by atoms with Crippen LogP contribution in [0.2, 0.25) is 0 Å². The zero-order chi connectivity index (χ0) is 22.4. The van der Waals surface area contributed by atoms with Crippen molar-refractivity contribution in [2.45, 2.75) is 45.1 Å². The van der Waals surface area contributed by atoms with Gasteiger partial charge in [0.25, 0.3) is 5.91 Å². The predicted octanol–water partition coefficient (Wildman–Crippen LogP) is 2.93. The smallest absolute Gasteiger partial charge is 0.325 e. The number of rotatable bonds is 10. The average molecular weight is 432 g/mol. The first-order valence-electron chi connectivity index (χ1n) is 11.4. The van der Waals surface area contributed by atoms with Crippen LogP contribution in [0.15, 0.2) is 24.3 Å². The minimum Gasteiger partial charge on any atom is -0.497 e. The lowest BCUT2D eigenvalue weighted by molar-refractivity contribution is -0.134. The Labute approximate surface area is 186 Å². The van der Waals surface area contributed by atoms with Crippen LogP contribution >= 0.6 is 0 Å². The zero-order valence-corrected chi connectivity index (χ0v) is 19.4. The maximum absolute atomic E-state index is 13.6. The highest BCUT2D eigenvalue weighted by Crippen LogP contribution is 2.37. The van der Waals surface area contributed by atoms with Crippen molar-refractivity contribution >= 4 is 11.9 Å². The quantitative estimate of drug-likeness (QED) is 0.577. The normalized spacial score (nSPS) is 22.9. The van der Waals surface area contributed by atoms with Crippen LogP contribution in [0.3, 0.4) is 0 Å². The predicted molar refractivity (Wildman–Crippen MR) is 120 cm³/mol. The Hall–Kier alpha value is -2.12. The number of carbonyl (C=O) groups is 2. The van der Waals surface area contributed by atoms with Crippen LogP contribution in [-0.4, -0.2) is 74.3 Å². The summed E-state index contributed by atoms with van der Waals surface area (Å²) in [7, 11) is 3.21. The highest BCUT2D eigenvalue weighted by Gasteiger charge is 2.55. The summed E-state index contributed by atoms with van der Waals surface area (Å²) < 4.78 is 10.5. The molecule has 0 aromatic heterocycles. The van der Waals surface area contributed by atoms with Crippen LogP contribution in [-0.2, 0) is 16.0 Å². The van der Waals surface area contributed by atoms with Gasteiger partial charge in [-0.1, -0.05) is 26.0 Å². The molecule has 0 spiro atoms. The number of benzene rings is 1. The third-order valence-electron chi connectivity index (χ3n) is 6.65. The number of urea groups is 1. The summed E-state index contributed by atoms with van der Waals surface area (Å²) in [6.45, 7) is 8.11. The molecule has 3 rings (SSSR count). The molecule has 2 saturated heterocycles. The van der Waals surface area contributed by atoms with Crippen LogP contribution in [0.1, 0.15) is 38.7 Å². The lowest BCUT2D eigenvalue weighted by atomic mass is 9.74. The molecule has 7 heteroatoms. The second kappa shape index (κ2) is 10.5. The van der Waals surface area contributed by atoms with E-state index >= 15 is 0 Å². The molecule has 1 N–H and O–H groups in total. The average Bonchev–Trinajstić information content (AvgIpc) is 3.01. The molecular formula is C24H37N3O4. The van der Waals surface area contributed by atoms with Crippen molar-refractivity contribution in [3.05, 3.63) is 29.8 Å². The van der Waals surface area contributed by atoms with Gasteiger partial charge in [-0.15, -0.1) is 0 Å². The molecule has 2 heterocycles. The van der Waals surface area contributed by atoms with Crippen molar-refractivity contribution in [1.82, 2.24) is 15.1 Å². The molecule has 2 fully saturated rings. The summed E-state index contributed by atoms with van der Waals surface area (Å²) in [5, 5.41) is 3.12. The number of nitrogens with zero attached hydrogens (tertiary/aromatic N) is 2. The van der Waals surface area contributed by atoms with Gasteiger partial charge < -0.3 is 19.7 Å². The van der Waals surface area contributed by atoms with Crippen molar-refractivity contribution in [2.75, 3.05) is 47.0 Å². The number of piperidine rings is 1. The van der Waals surface area contributed by atoms with Gasteiger partial charge in [0.05, 0.1) is 20.3 Å². The molecule has 172 valence electrons. The molecule has 0 unspecified atom stereocenters. The number of amides is 3. The Morgan fingerprint density at radius 3 is 2.55 bits per heavy atom. The van der Waals surface area contributed by atoms with Crippen molar-refractivity contribution in [2.24, 2.45) is 11.8 Å². The summed E-state index contributed by atoms with van der Waals surface area (Å²) in [5.41, 5.74) is 0.0743. The second-order valence-corrected chi connectivity index (χ2v) is 9.18. The van der Waals surface area contributed by atoms with Gasteiger partial charge >= 0.3 is 6.03 Å². The highest BCUT2D eigenvalue weighted by atomic mass is 16.5. The molecule has 31 heavy (non-hydrogen) atoms. The standard InChI is InChI=1S/C24H37N3O4/c1-18(2)8-11-26-12-9-20(10-13-26)24(17-19-6-5-7-21(16-19)31-4)22(28)27(14-15-30-3)23(29)25-24/h5-7,16,18,20H,8-15,17H2,1-4H3,(H,25,29)/t24-/m1/s1. The Morgan fingerprint density at radius 2 is 1.90 bits per heavy atom. The number of methoxy groups -OCH3 is 2. The SMILES string of the molecule is COCCN1C(=O)N[C@](Cc2cccc(OC)c2)(C2CCN(CCC(C)C)CC2)C1=O. The van der Waals surface area contributed by atoms with E-state index in [9.17, 15) is 9.59 Å². The first kappa shape index (κ1) is 23.5. The van der Waals surface area contributed by atoms with Gasteiger partial charge in [-0.2, -0.15) is 0 Å². The fourth-order valence-corrected chi connectivity index (χ4v) is 4.77. The number of likely N-dealkylation sites (tertiary alicyclic amines) is 1. The fourth-order valence-electron chi connectivity index (χ4n) is 4.77. The number of ether oxygens (including phenoxy) is 2. The molecular weight excluding hydrogens is 394 g/mol. The van der Waals surface area contributed by atoms with E-state index < -0.39 is 5.54 Å². The lowest BCUT2D eigenvalue weighted by Crippen LogP contribution is -2.57. The van der Waals surface area contributed by atoms with E-state index in [1.54, 1.807) is 14.2 Å². The molecule has 1 aromatic carbocycles. The van der Waals surface area contributed by atoms with E-state index in [1.165, 1.54) is 11.3 Å². The van der Waals surface area contributed by atoms with Gasteiger partial charge in [0.15, 0.2) is 0 Å². The van der Waals surface area contributed by atoms with Crippen molar-refractivity contribution in [3.63, 3.8) is 0 Å². The zero-order valence-electron chi connectivity index (χ0n) is 19.4. The number of nitrogens with one attached hydrogen (secondary N) is 1. The van der Waals surface area contributed by atoms with E-state index in [2.05, 4.69) is 24.1 Å². The van der Waals surface area contributed by atoms with Gasteiger partial charge in [0.1, 0.15) is 11.3 Å². The summed E-state index contributed by atoms with van der Waals surface area (Å²) in [4.78, 5) is 30.3. The van der Waals surface area contributed by atoms with Gasteiger partial charge in [0.2, 0.25) is 0 Å². The summed E-state index contributed by atoms with van der Waals surface area (Å²) in [6.07, 6.45) is 3.44. The number of hydrogen-bond donors (Lipinski definition) is 1. The van der Waals surface area contributed by atoms with Crippen LogP contribution in [0, 0.1) is 11.8 Å². The highest BCUT2D eigenvalue weighted by molar-refractivity contribution is 6.07. The van der Waals surface area contributed by atoms with Gasteiger partial charge in [-0.3, -0.25) is 9.69 Å². The van der Waals surface area contributed by atoms with Crippen molar-refractivity contribution < 1.29 is 19.1 Å². The molecule has 0 bridgehead atoms. The molecule has 2 aliphatic rings. The van der Waals surface area contributed by atoms with Crippen LogP contribution < -0.4 is 10.1 Å². The largest absolute Gasteiger partial charge is 0.497 e. The molecule has 0 aliphatic carbocycles. The van der Waals surface area contributed by atoms with E-state index in [0.717, 1.165) is 43.8 Å². The molecule has 1 atom stereocenters. The van der Waals surface area contributed by atoms with E-state index in [1.807, 2.05) is 24.3 Å². The minimum absolute atomic E-state index is 0.0954. The third kappa shape index (κ3) is 5.39. The van der Waals surface area contributed by atoms with Crippen LogP contribution in [0.25, 0.3) is 0 Å². The number of imide groups is 1.